The van der Waals surface area contributed by atoms with Gasteiger partial charge in [-0.2, -0.15) is 0 Å². The van der Waals surface area contributed by atoms with Crippen molar-refractivity contribution in [3.8, 4) is 5.75 Å². The molecule has 3 aliphatic rings. The number of ether oxygens (including phenoxy) is 3. The largest absolute Gasteiger partial charge is 0.492 e. The molecule has 0 radical (unpaired) electrons. The van der Waals surface area contributed by atoms with Crippen molar-refractivity contribution in [2.75, 3.05) is 39.5 Å². The maximum Gasteiger partial charge on any atom is 0.407 e. The molecule has 1 saturated heterocycles. The first-order chi connectivity index (χ1) is 23.5. The number of aliphatic hydroxyl groups excluding tert-OH is 2. The van der Waals surface area contributed by atoms with Gasteiger partial charge in [-0.3, -0.25) is 9.69 Å². The van der Waals surface area contributed by atoms with E-state index >= 15 is 0 Å². The number of alkyl carbamates (subject to hydrolysis) is 1. The predicted octanol–water partition coefficient (Wildman–Crippen LogP) is 4.95. The summed E-state index contributed by atoms with van der Waals surface area (Å²) < 4.78 is 17.0. The van der Waals surface area contributed by atoms with E-state index in [1.54, 1.807) is 0 Å². The van der Waals surface area contributed by atoms with Crippen LogP contribution in [0.2, 0.25) is 0 Å². The number of rotatable bonds is 14. The third-order valence-electron chi connectivity index (χ3n) is 10.1. The maximum atomic E-state index is 14.1. The van der Waals surface area contributed by atoms with Gasteiger partial charge >= 0.3 is 6.09 Å². The first-order valence-electron chi connectivity index (χ1n) is 18.3. The second kappa shape index (κ2) is 17.7. The molecule has 1 saturated carbocycles. The molecule has 5 rings (SSSR count). The van der Waals surface area contributed by atoms with E-state index in [9.17, 15) is 19.8 Å². The Balaban J connectivity index is 1.29. The van der Waals surface area contributed by atoms with Gasteiger partial charge in [0.15, 0.2) is 0 Å². The minimum Gasteiger partial charge on any atom is -0.492 e. The number of carbonyl (C=O) groups is 2. The molecule has 3 unspecified atom stereocenters. The highest BCUT2D eigenvalue weighted by molar-refractivity contribution is 5.80. The average molecular weight is 680 g/mol. The van der Waals surface area contributed by atoms with Crippen LogP contribution in [-0.2, 0) is 27.1 Å². The van der Waals surface area contributed by atoms with E-state index in [2.05, 4.69) is 15.5 Å². The van der Waals surface area contributed by atoms with Crippen molar-refractivity contribution in [2.45, 2.75) is 108 Å². The molecule has 49 heavy (non-hydrogen) atoms. The molecule has 4 N–H and O–H groups in total. The van der Waals surface area contributed by atoms with Gasteiger partial charge in [0, 0.05) is 32.0 Å². The molecule has 2 aromatic rings. The fourth-order valence-corrected chi connectivity index (χ4v) is 7.43. The molecule has 2 fully saturated rings. The summed E-state index contributed by atoms with van der Waals surface area (Å²) in [5.74, 6) is 0.297. The molecular weight excluding hydrogens is 622 g/mol. The van der Waals surface area contributed by atoms with Crippen LogP contribution >= 0.6 is 0 Å². The molecule has 5 atom stereocenters. The number of fused-ring (bicyclic) bond motifs is 1. The van der Waals surface area contributed by atoms with Gasteiger partial charge in [-0.1, -0.05) is 68.5 Å². The third kappa shape index (κ3) is 11.4. The Kier molecular flexibility index (Phi) is 13.4. The first-order valence-corrected chi connectivity index (χ1v) is 18.3. The van der Waals surface area contributed by atoms with Gasteiger partial charge in [-0.05, 0) is 74.8 Å². The van der Waals surface area contributed by atoms with Gasteiger partial charge in [0.2, 0.25) is 5.91 Å². The van der Waals surface area contributed by atoms with Crippen LogP contribution in [0.5, 0.6) is 5.75 Å². The van der Waals surface area contributed by atoms with Crippen molar-refractivity contribution in [1.82, 2.24) is 15.5 Å². The van der Waals surface area contributed by atoms with Crippen LogP contribution in [0.15, 0.2) is 48.5 Å². The highest BCUT2D eigenvalue weighted by atomic mass is 16.6. The van der Waals surface area contributed by atoms with Crippen LogP contribution in [0.4, 0.5) is 4.79 Å². The molecule has 10 heteroatoms. The number of hydrogen-bond acceptors (Lipinski definition) is 8. The van der Waals surface area contributed by atoms with Crippen molar-refractivity contribution >= 4 is 12.0 Å². The van der Waals surface area contributed by atoms with E-state index in [4.69, 9.17) is 14.2 Å². The van der Waals surface area contributed by atoms with E-state index in [0.29, 0.717) is 31.8 Å². The number of morpholine rings is 1. The molecule has 0 bridgehead atoms. The van der Waals surface area contributed by atoms with Crippen molar-refractivity contribution in [1.29, 1.82) is 0 Å². The Morgan fingerprint density at radius 1 is 1.02 bits per heavy atom. The van der Waals surface area contributed by atoms with Gasteiger partial charge in [-0.25, -0.2) is 4.79 Å². The van der Waals surface area contributed by atoms with Crippen LogP contribution in [0.3, 0.4) is 0 Å². The summed E-state index contributed by atoms with van der Waals surface area (Å²) in [6, 6.07) is 14.5. The van der Waals surface area contributed by atoms with E-state index in [-0.39, 0.29) is 12.3 Å². The predicted molar refractivity (Wildman–Crippen MR) is 188 cm³/mol. The minimum atomic E-state index is -0.978. The zero-order valence-electron chi connectivity index (χ0n) is 29.6. The van der Waals surface area contributed by atoms with E-state index < -0.39 is 41.9 Å². The van der Waals surface area contributed by atoms with E-state index in [1.165, 1.54) is 6.42 Å². The lowest BCUT2D eigenvalue weighted by molar-refractivity contribution is -0.127. The topological polar surface area (TPSA) is 130 Å². The minimum absolute atomic E-state index is 0.140. The zero-order valence-corrected chi connectivity index (χ0v) is 29.6. The molecule has 1 heterocycles. The fourth-order valence-electron chi connectivity index (χ4n) is 7.43. The van der Waals surface area contributed by atoms with Crippen molar-refractivity contribution < 1.29 is 34.0 Å². The van der Waals surface area contributed by atoms with Crippen LogP contribution in [-0.4, -0.2) is 90.4 Å². The van der Waals surface area contributed by atoms with Crippen molar-refractivity contribution in [3.05, 3.63) is 65.2 Å². The summed E-state index contributed by atoms with van der Waals surface area (Å²) in [5.41, 5.74) is 2.20. The summed E-state index contributed by atoms with van der Waals surface area (Å²) in [5, 5.41) is 28.8. The van der Waals surface area contributed by atoms with Crippen molar-refractivity contribution in [3.63, 3.8) is 0 Å². The summed E-state index contributed by atoms with van der Waals surface area (Å²) in [4.78, 5) is 29.4. The maximum absolute atomic E-state index is 14.1. The monoisotopic (exact) mass is 679 g/mol. The van der Waals surface area contributed by atoms with Gasteiger partial charge in [-0.15, -0.1) is 0 Å². The lowest BCUT2D eigenvalue weighted by atomic mass is 9.82. The van der Waals surface area contributed by atoms with Crippen LogP contribution in [0.25, 0.3) is 0 Å². The molecular formula is C39H57N3O7. The van der Waals surface area contributed by atoms with Gasteiger partial charge in [0.05, 0.1) is 37.5 Å². The van der Waals surface area contributed by atoms with Gasteiger partial charge < -0.3 is 35.1 Å². The Hall–Kier alpha value is -3.18. The summed E-state index contributed by atoms with van der Waals surface area (Å²) in [6.45, 7) is 10.2. The van der Waals surface area contributed by atoms with Crippen LogP contribution < -0.4 is 15.4 Å². The number of hydrogen-bond donors (Lipinski definition) is 4. The Morgan fingerprint density at radius 3 is 2.45 bits per heavy atom. The number of benzene rings is 2. The molecule has 1 aliphatic heterocycles. The molecule has 0 aromatic heterocycles. The lowest BCUT2D eigenvalue weighted by Gasteiger charge is -2.32. The Labute approximate surface area is 291 Å². The number of carbonyl (C=O) groups excluding carboxylic acids is 2. The molecule has 2 aliphatic carbocycles. The number of nitrogens with zero attached hydrogens (tertiary/aromatic N) is 1. The second-order valence-corrected chi connectivity index (χ2v) is 15.1. The highest BCUT2D eigenvalue weighted by Crippen LogP contribution is 2.33. The average Bonchev–Trinajstić information content (AvgIpc) is 3.39. The number of nitrogens with one attached hydrogen (secondary N) is 2. The quantitative estimate of drug-likeness (QED) is 0.221. The first kappa shape index (κ1) is 37.1. The molecule has 0 spiro atoms. The third-order valence-corrected chi connectivity index (χ3v) is 10.1. The summed E-state index contributed by atoms with van der Waals surface area (Å²) in [7, 11) is 0. The van der Waals surface area contributed by atoms with Crippen molar-refractivity contribution in [2.24, 2.45) is 11.8 Å². The molecule has 2 aromatic carbocycles. The summed E-state index contributed by atoms with van der Waals surface area (Å²) in [6.07, 6.45) is 4.96. The molecule has 10 nitrogen and oxygen atoms in total. The normalized spacial score (nSPS) is 22.1. The number of amides is 2. The van der Waals surface area contributed by atoms with E-state index in [1.807, 2.05) is 69.3 Å². The SMILES string of the molecule is CC(C)(C)OC(=O)NC(CC1CCCCC1)C(O)CC(Cc1ccc(OCCN2CCOCC2)cc1)C(=O)N[C@H]1c2ccccc2C[C@@H]1O. The Bertz CT molecular complexity index is 1330. The van der Waals surface area contributed by atoms with Crippen LogP contribution in [0, 0.1) is 11.8 Å². The smallest absolute Gasteiger partial charge is 0.407 e. The molecule has 2 amide bonds. The van der Waals surface area contributed by atoms with Gasteiger partial charge in [0.25, 0.3) is 0 Å². The van der Waals surface area contributed by atoms with Gasteiger partial charge in [0.1, 0.15) is 18.0 Å². The second-order valence-electron chi connectivity index (χ2n) is 15.1. The lowest BCUT2D eigenvalue weighted by Crippen LogP contribution is -2.48. The standard InChI is InChI=1S/C39H57N3O7/c1-39(2,3)49-38(46)40-33(24-27-9-5-4-6-10-27)34(43)26-30(37(45)41-36-32-12-8-7-11-29(32)25-35(36)44)23-28-13-15-31(16-14-28)48-22-19-42-17-20-47-21-18-42/h7-8,11-16,27,30,33-36,43-44H,4-6,9-10,17-26H2,1-3H3,(H,40,46)(H,41,45)/t30?,33?,34?,35-,36-/m0/s1. The van der Waals surface area contributed by atoms with E-state index in [0.717, 1.165) is 81.0 Å². The highest BCUT2D eigenvalue weighted by Gasteiger charge is 2.36. The summed E-state index contributed by atoms with van der Waals surface area (Å²) >= 11 is 0. The zero-order chi connectivity index (χ0) is 34.8. The fraction of sp³-hybridized carbons (Fsp3) is 0.641. The Morgan fingerprint density at radius 2 is 1.73 bits per heavy atom. The van der Waals surface area contributed by atoms with Crippen LogP contribution in [0.1, 0.15) is 88.4 Å². The number of aliphatic hydroxyl groups is 2. The molecule has 270 valence electrons.